The number of carboxylic acid groups (broad SMARTS) is 1. The highest BCUT2D eigenvalue weighted by molar-refractivity contribution is 7.89. The first-order valence-electron chi connectivity index (χ1n) is 6.09. The lowest BCUT2D eigenvalue weighted by molar-refractivity contribution is 0.0686. The molecule has 8 nitrogen and oxygen atoms in total. The number of nitrogens with one attached hydrogen (secondary N) is 2. The Morgan fingerprint density at radius 3 is 2.62 bits per heavy atom. The zero-order chi connectivity index (χ0) is 15.8. The van der Waals surface area contributed by atoms with Gasteiger partial charge < -0.3 is 9.52 Å². The second-order valence-corrected chi connectivity index (χ2v) is 6.27. The molecule has 2 aromatic heterocycles. The third-order valence-corrected chi connectivity index (χ3v) is 4.58. The number of aromatic carboxylic acids is 1. The van der Waals surface area contributed by atoms with Gasteiger partial charge in [0, 0.05) is 0 Å². The van der Waals surface area contributed by atoms with Gasteiger partial charge in [0.05, 0.1) is 11.7 Å². The Kier molecular flexibility index (Phi) is 3.88. The summed E-state index contributed by atoms with van der Waals surface area (Å²) in [4.78, 5) is 10.7. The Morgan fingerprint density at radius 2 is 2.10 bits per heavy atom. The summed E-state index contributed by atoms with van der Waals surface area (Å²) in [6.45, 7) is 4.79. The molecular weight excluding hydrogens is 298 g/mol. The summed E-state index contributed by atoms with van der Waals surface area (Å²) in [5.41, 5.74) is -0.384. The SMILES string of the molecule is Cc1ccc(C(C)NS(=O)(=O)c2c(C(=O)O)n[nH]c2C)o1. The average molecular weight is 313 g/mol. The topological polar surface area (TPSA) is 125 Å². The fourth-order valence-electron chi connectivity index (χ4n) is 1.93. The van der Waals surface area contributed by atoms with Gasteiger partial charge in [0.1, 0.15) is 16.4 Å². The maximum Gasteiger partial charge on any atom is 0.357 e. The van der Waals surface area contributed by atoms with Crippen LogP contribution in [0.1, 0.15) is 40.7 Å². The standard InChI is InChI=1S/C12H15N3O5S/c1-6-4-5-9(20-6)7(2)15-21(18,19)11-8(3)13-14-10(11)12(16)17/h4-5,7,15H,1-3H3,(H,13,14)(H,16,17). The van der Waals surface area contributed by atoms with Crippen molar-refractivity contribution in [3.05, 3.63) is 35.0 Å². The first kappa shape index (κ1) is 15.3. The molecule has 0 aromatic carbocycles. The lowest BCUT2D eigenvalue weighted by atomic mass is 10.3. The molecule has 0 aliphatic heterocycles. The minimum absolute atomic E-state index is 0.155. The summed E-state index contributed by atoms with van der Waals surface area (Å²) in [7, 11) is -4.05. The minimum atomic E-state index is -4.05. The van der Waals surface area contributed by atoms with Crippen molar-refractivity contribution in [2.45, 2.75) is 31.7 Å². The van der Waals surface area contributed by atoms with Gasteiger partial charge in [-0.3, -0.25) is 5.10 Å². The maximum atomic E-state index is 12.4. The van der Waals surface area contributed by atoms with Gasteiger partial charge >= 0.3 is 5.97 Å². The van der Waals surface area contributed by atoms with Crippen LogP contribution < -0.4 is 4.72 Å². The second-order valence-electron chi connectivity index (χ2n) is 4.62. The van der Waals surface area contributed by atoms with Crippen molar-refractivity contribution in [3.8, 4) is 0 Å². The van der Waals surface area contributed by atoms with Crippen LogP contribution >= 0.6 is 0 Å². The Morgan fingerprint density at radius 1 is 1.43 bits per heavy atom. The summed E-state index contributed by atoms with van der Waals surface area (Å²) in [5, 5.41) is 14.9. The van der Waals surface area contributed by atoms with Crippen LogP contribution in [0.4, 0.5) is 0 Å². The predicted molar refractivity (Wildman–Crippen MR) is 72.5 cm³/mol. The molecule has 0 aliphatic rings. The van der Waals surface area contributed by atoms with Gasteiger partial charge in [-0.1, -0.05) is 0 Å². The van der Waals surface area contributed by atoms with Crippen molar-refractivity contribution in [3.63, 3.8) is 0 Å². The summed E-state index contributed by atoms with van der Waals surface area (Å²) in [6, 6.07) is 2.73. The Bertz CT molecular complexity index is 775. The number of carbonyl (C=O) groups is 1. The van der Waals surface area contributed by atoms with Crippen LogP contribution in [0, 0.1) is 13.8 Å². The summed E-state index contributed by atoms with van der Waals surface area (Å²) < 4.78 is 32.4. The number of aromatic amines is 1. The van der Waals surface area contributed by atoms with Crippen LogP contribution in [0.25, 0.3) is 0 Å². The molecule has 2 aromatic rings. The molecule has 0 fully saturated rings. The van der Waals surface area contributed by atoms with E-state index in [1.807, 2.05) is 0 Å². The smallest absolute Gasteiger partial charge is 0.357 e. The van der Waals surface area contributed by atoms with Crippen LogP contribution in [0.3, 0.4) is 0 Å². The van der Waals surface area contributed by atoms with Gasteiger partial charge in [-0.05, 0) is 32.9 Å². The highest BCUT2D eigenvalue weighted by Gasteiger charge is 2.30. The van der Waals surface area contributed by atoms with Gasteiger partial charge in [0.15, 0.2) is 5.69 Å². The molecule has 0 amide bonds. The largest absolute Gasteiger partial charge is 0.476 e. The molecular formula is C12H15N3O5S. The molecule has 9 heteroatoms. The number of furan rings is 1. The monoisotopic (exact) mass is 313 g/mol. The molecule has 3 N–H and O–H groups in total. The number of rotatable bonds is 5. The zero-order valence-corrected chi connectivity index (χ0v) is 12.5. The number of hydrogen-bond acceptors (Lipinski definition) is 5. The highest BCUT2D eigenvalue weighted by atomic mass is 32.2. The Hall–Kier alpha value is -2.13. The molecule has 2 rings (SSSR count). The van der Waals surface area contributed by atoms with E-state index < -0.39 is 27.7 Å². The average Bonchev–Trinajstić information content (AvgIpc) is 2.95. The number of aryl methyl sites for hydroxylation is 2. The molecule has 1 unspecified atom stereocenters. The second kappa shape index (κ2) is 5.34. The molecule has 0 bridgehead atoms. The van der Waals surface area contributed by atoms with Crippen LogP contribution in [-0.4, -0.2) is 29.7 Å². The van der Waals surface area contributed by atoms with Crippen molar-refractivity contribution < 1.29 is 22.7 Å². The zero-order valence-electron chi connectivity index (χ0n) is 11.7. The van der Waals surface area contributed by atoms with E-state index in [-0.39, 0.29) is 10.6 Å². The first-order valence-corrected chi connectivity index (χ1v) is 7.57. The van der Waals surface area contributed by atoms with Crippen LogP contribution in [-0.2, 0) is 10.0 Å². The molecule has 0 radical (unpaired) electrons. The van der Waals surface area contributed by atoms with E-state index in [1.165, 1.54) is 6.92 Å². The van der Waals surface area contributed by atoms with Crippen LogP contribution in [0.5, 0.6) is 0 Å². The molecule has 0 aliphatic carbocycles. The van der Waals surface area contributed by atoms with E-state index in [2.05, 4.69) is 14.9 Å². The third kappa shape index (κ3) is 2.98. The lowest BCUT2D eigenvalue weighted by Crippen LogP contribution is -2.28. The number of sulfonamides is 1. The van der Waals surface area contributed by atoms with Crippen molar-refractivity contribution in [1.82, 2.24) is 14.9 Å². The molecule has 1 atom stereocenters. The number of hydrogen-bond donors (Lipinski definition) is 3. The Balaban J connectivity index is 2.35. The number of aromatic nitrogens is 2. The van der Waals surface area contributed by atoms with Crippen molar-refractivity contribution in [2.24, 2.45) is 0 Å². The number of nitrogens with zero attached hydrogens (tertiary/aromatic N) is 1. The quantitative estimate of drug-likeness (QED) is 0.765. The summed E-state index contributed by atoms with van der Waals surface area (Å²) in [5.74, 6) is -0.322. The minimum Gasteiger partial charge on any atom is -0.476 e. The van der Waals surface area contributed by atoms with Crippen molar-refractivity contribution in [1.29, 1.82) is 0 Å². The fourth-order valence-corrected chi connectivity index (χ4v) is 3.46. The normalized spacial score (nSPS) is 13.3. The number of H-pyrrole nitrogens is 1. The van der Waals surface area contributed by atoms with Crippen LogP contribution in [0.15, 0.2) is 21.4 Å². The summed E-state index contributed by atoms with van der Waals surface area (Å²) in [6.07, 6.45) is 0. The Labute approximate surface area is 121 Å². The molecule has 0 saturated carbocycles. The predicted octanol–water partition coefficient (Wildman–Crippen LogP) is 1.36. The first-order chi connectivity index (χ1) is 9.72. The third-order valence-electron chi connectivity index (χ3n) is 2.88. The van der Waals surface area contributed by atoms with E-state index >= 15 is 0 Å². The van der Waals surface area contributed by atoms with Crippen LogP contribution in [0.2, 0.25) is 0 Å². The number of carboxylic acids is 1. The van der Waals surface area contributed by atoms with E-state index in [0.717, 1.165) is 0 Å². The molecule has 2 heterocycles. The summed E-state index contributed by atoms with van der Waals surface area (Å²) >= 11 is 0. The van der Waals surface area contributed by atoms with Gasteiger partial charge in [0.2, 0.25) is 10.0 Å². The van der Waals surface area contributed by atoms with Gasteiger partial charge in [-0.15, -0.1) is 0 Å². The van der Waals surface area contributed by atoms with Gasteiger partial charge in [0.25, 0.3) is 0 Å². The fraction of sp³-hybridized carbons (Fsp3) is 0.333. The van der Waals surface area contributed by atoms with Gasteiger partial charge in [-0.2, -0.15) is 5.10 Å². The van der Waals surface area contributed by atoms with Gasteiger partial charge in [-0.25, -0.2) is 17.9 Å². The molecule has 114 valence electrons. The van der Waals surface area contributed by atoms with E-state index in [9.17, 15) is 13.2 Å². The molecule has 0 spiro atoms. The van der Waals surface area contributed by atoms with Crippen molar-refractivity contribution >= 4 is 16.0 Å². The molecule has 0 saturated heterocycles. The lowest BCUT2D eigenvalue weighted by Gasteiger charge is -2.12. The van der Waals surface area contributed by atoms with E-state index in [0.29, 0.717) is 11.5 Å². The molecule has 21 heavy (non-hydrogen) atoms. The highest BCUT2D eigenvalue weighted by Crippen LogP contribution is 2.22. The van der Waals surface area contributed by atoms with E-state index in [1.54, 1.807) is 26.0 Å². The van der Waals surface area contributed by atoms with Crippen molar-refractivity contribution in [2.75, 3.05) is 0 Å². The van der Waals surface area contributed by atoms with E-state index in [4.69, 9.17) is 9.52 Å². The maximum absolute atomic E-state index is 12.4.